The number of nitrogens with zero attached hydrogens (tertiary/aromatic N) is 2. The topological polar surface area (TPSA) is 71.8 Å². The molecule has 5 nitrogen and oxygen atoms in total. The molecule has 1 N–H and O–H groups in total. The van der Waals surface area contributed by atoms with Gasteiger partial charge in [-0.1, -0.05) is 30.8 Å². The summed E-state index contributed by atoms with van der Waals surface area (Å²) in [6.45, 7) is 2.27. The Balaban J connectivity index is 1.45. The normalized spacial score (nSPS) is 17.0. The number of thioether (sulfide) groups is 1. The fourth-order valence-corrected chi connectivity index (χ4v) is 5.62. The lowest BCUT2D eigenvalue weighted by Crippen LogP contribution is -2.14. The Labute approximate surface area is 157 Å². The zero-order chi connectivity index (χ0) is 17.7. The number of oxazole rings is 1. The van der Waals surface area contributed by atoms with Gasteiger partial charge in [0.1, 0.15) is 16.2 Å². The number of benzene rings is 1. The van der Waals surface area contributed by atoms with Crippen molar-refractivity contribution in [2.45, 2.75) is 37.2 Å². The van der Waals surface area contributed by atoms with Crippen LogP contribution in [0.15, 0.2) is 38.7 Å². The SMILES string of the molecule is C[C@@H]1CCc2c(sc3nc(CSc4nc5ccccc5o4)[nH]c(=O)c23)C1. The molecule has 0 amide bonds. The number of aryl methyl sites for hydroxylation is 1. The molecule has 0 fully saturated rings. The Morgan fingerprint density at radius 2 is 2.23 bits per heavy atom. The molecule has 3 aromatic heterocycles. The van der Waals surface area contributed by atoms with Gasteiger partial charge in [-0.05, 0) is 42.9 Å². The summed E-state index contributed by atoms with van der Waals surface area (Å²) in [5.74, 6) is 1.88. The van der Waals surface area contributed by atoms with Gasteiger partial charge < -0.3 is 9.40 Å². The van der Waals surface area contributed by atoms with Crippen LogP contribution in [0.2, 0.25) is 0 Å². The summed E-state index contributed by atoms with van der Waals surface area (Å²) in [6, 6.07) is 7.68. The van der Waals surface area contributed by atoms with Gasteiger partial charge in [-0.25, -0.2) is 9.97 Å². The van der Waals surface area contributed by atoms with E-state index in [0.29, 0.717) is 22.7 Å². The summed E-state index contributed by atoms with van der Waals surface area (Å²) < 4.78 is 5.72. The van der Waals surface area contributed by atoms with Crippen LogP contribution in [-0.4, -0.2) is 15.0 Å². The third-order valence-corrected chi connectivity index (χ3v) is 6.81. The van der Waals surface area contributed by atoms with Crippen LogP contribution in [0, 0.1) is 5.92 Å². The van der Waals surface area contributed by atoms with Crippen LogP contribution in [-0.2, 0) is 18.6 Å². The van der Waals surface area contributed by atoms with Crippen molar-refractivity contribution in [1.29, 1.82) is 0 Å². The van der Waals surface area contributed by atoms with E-state index < -0.39 is 0 Å². The molecule has 1 aliphatic carbocycles. The summed E-state index contributed by atoms with van der Waals surface area (Å²) in [7, 11) is 0. The lowest BCUT2D eigenvalue weighted by molar-refractivity contribution is 0.489. The number of nitrogens with one attached hydrogen (secondary N) is 1. The summed E-state index contributed by atoms with van der Waals surface area (Å²) in [6.07, 6.45) is 3.19. The fraction of sp³-hybridized carbons (Fsp3) is 0.316. The van der Waals surface area contributed by atoms with Crippen LogP contribution in [0.4, 0.5) is 0 Å². The summed E-state index contributed by atoms with van der Waals surface area (Å²) in [5, 5.41) is 1.39. The van der Waals surface area contributed by atoms with Gasteiger partial charge in [0.15, 0.2) is 5.58 Å². The van der Waals surface area contributed by atoms with Gasteiger partial charge in [0.05, 0.1) is 11.1 Å². The van der Waals surface area contributed by atoms with Crippen molar-refractivity contribution < 1.29 is 4.42 Å². The molecule has 0 saturated carbocycles. The Bertz CT molecular complexity index is 1140. The molecule has 0 spiro atoms. The van der Waals surface area contributed by atoms with Gasteiger partial charge in [0.25, 0.3) is 10.8 Å². The zero-order valence-corrected chi connectivity index (χ0v) is 15.9. The number of rotatable bonds is 3. The van der Waals surface area contributed by atoms with Gasteiger partial charge in [0.2, 0.25) is 0 Å². The van der Waals surface area contributed by atoms with Gasteiger partial charge in [-0.15, -0.1) is 11.3 Å². The van der Waals surface area contributed by atoms with Crippen molar-refractivity contribution in [3.63, 3.8) is 0 Å². The van der Waals surface area contributed by atoms with Gasteiger partial charge in [-0.3, -0.25) is 4.79 Å². The standard InChI is InChI=1S/C19H17N3O2S2/c1-10-6-7-11-14(8-10)26-18-16(11)17(23)21-15(22-18)9-25-19-20-12-4-2-3-5-13(12)24-19/h2-5,10H,6-9H2,1H3,(H,21,22,23)/t10-/m1/s1. The molecule has 5 rings (SSSR count). The molecule has 0 radical (unpaired) electrons. The van der Waals surface area contributed by atoms with E-state index in [4.69, 9.17) is 9.40 Å². The molecule has 0 saturated heterocycles. The molecule has 0 bridgehead atoms. The molecule has 0 aliphatic heterocycles. The van der Waals surface area contributed by atoms with E-state index in [1.54, 1.807) is 11.3 Å². The van der Waals surface area contributed by atoms with Crippen LogP contribution < -0.4 is 5.56 Å². The van der Waals surface area contributed by atoms with E-state index in [9.17, 15) is 4.79 Å². The van der Waals surface area contributed by atoms with Crippen molar-refractivity contribution in [2.24, 2.45) is 5.92 Å². The Hall–Kier alpha value is -2.12. The molecule has 132 valence electrons. The van der Waals surface area contributed by atoms with E-state index in [0.717, 1.165) is 40.6 Å². The molecule has 7 heteroatoms. The number of H-pyrrole nitrogens is 1. The zero-order valence-electron chi connectivity index (χ0n) is 14.2. The van der Waals surface area contributed by atoms with Gasteiger partial charge in [0, 0.05) is 4.88 Å². The largest absolute Gasteiger partial charge is 0.431 e. The molecule has 0 unspecified atom stereocenters. The van der Waals surface area contributed by atoms with E-state index in [1.807, 2.05) is 24.3 Å². The lowest BCUT2D eigenvalue weighted by atomic mass is 9.89. The van der Waals surface area contributed by atoms with Crippen LogP contribution in [0.25, 0.3) is 21.3 Å². The van der Waals surface area contributed by atoms with Gasteiger partial charge >= 0.3 is 0 Å². The molecule has 3 heterocycles. The summed E-state index contributed by atoms with van der Waals surface area (Å²) in [4.78, 5) is 26.9. The molecule has 26 heavy (non-hydrogen) atoms. The Morgan fingerprint density at radius 3 is 3.12 bits per heavy atom. The number of fused-ring (bicyclic) bond motifs is 4. The van der Waals surface area contributed by atoms with E-state index in [2.05, 4.69) is 16.9 Å². The summed E-state index contributed by atoms with van der Waals surface area (Å²) in [5.41, 5.74) is 2.81. The lowest BCUT2D eigenvalue weighted by Gasteiger charge is -2.17. The second kappa shape index (κ2) is 6.25. The summed E-state index contributed by atoms with van der Waals surface area (Å²) >= 11 is 3.12. The maximum Gasteiger partial charge on any atom is 0.259 e. The predicted octanol–water partition coefficient (Wildman–Crippen LogP) is 4.54. The number of hydrogen-bond donors (Lipinski definition) is 1. The van der Waals surface area contributed by atoms with Crippen LogP contribution in [0.1, 0.15) is 29.6 Å². The first-order valence-corrected chi connectivity index (χ1v) is 10.5. The number of aromatic nitrogens is 3. The third-order valence-electron chi connectivity index (χ3n) is 4.82. The van der Waals surface area contributed by atoms with E-state index in [1.165, 1.54) is 22.2 Å². The number of aromatic amines is 1. The highest BCUT2D eigenvalue weighted by Gasteiger charge is 2.23. The molecule has 1 aromatic carbocycles. The van der Waals surface area contributed by atoms with Gasteiger partial charge in [-0.2, -0.15) is 0 Å². The van der Waals surface area contributed by atoms with Crippen LogP contribution in [0.3, 0.4) is 0 Å². The van der Waals surface area contributed by atoms with Crippen LogP contribution >= 0.6 is 23.1 Å². The highest BCUT2D eigenvalue weighted by molar-refractivity contribution is 7.98. The average molecular weight is 383 g/mol. The Morgan fingerprint density at radius 1 is 1.35 bits per heavy atom. The maximum atomic E-state index is 12.6. The van der Waals surface area contributed by atoms with E-state index >= 15 is 0 Å². The predicted molar refractivity (Wildman–Crippen MR) is 105 cm³/mol. The highest BCUT2D eigenvalue weighted by Crippen LogP contribution is 2.36. The number of hydrogen-bond acceptors (Lipinski definition) is 6. The smallest absolute Gasteiger partial charge is 0.259 e. The molecule has 4 aromatic rings. The van der Waals surface area contributed by atoms with Crippen molar-refractivity contribution in [3.8, 4) is 0 Å². The second-order valence-electron chi connectivity index (χ2n) is 6.78. The first-order chi connectivity index (χ1) is 12.7. The quantitative estimate of drug-likeness (QED) is 0.526. The maximum absolute atomic E-state index is 12.6. The minimum absolute atomic E-state index is 0.0183. The number of para-hydroxylation sites is 2. The molecular formula is C19H17N3O2S2. The minimum atomic E-state index is -0.0183. The van der Waals surface area contributed by atoms with Crippen molar-refractivity contribution in [2.75, 3.05) is 0 Å². The molecule has 1 aliphatic rings. The fourth-order valence-electron chi connectivity index (χ4n) is 3.50. The second-order valence-corrected chi connectivity index (χ2v) is 8.79. The monoisotopic (exact) mass is 383 g/mol. The molecular weight excluding hydrogens is 366 g/mol. The first-order valence-electron chi connectivity index (χ1n) is 8.69. The Kier molecular flexibility index (Phi) is 3.86. The third kappa shape index (κ3) is 2.75. The first kappa shape index (κ1) is 16.1. The minimum Gasteiger partial charge on any atom is -0.431 e. The van der Waals surface area contributed by atoms with Crippen molar-refractivity contribution >= 4 is 44.4 Å². The average Bonchev–Trinajstić information content (AvgIpc) is 3.19. The number of thiophene rings is 1. The highest BCUT2D eigenvalue weighted by atomic mass is 32.2. The van der Waals surface area contributed by atoms with Crippen molar-refractivity contribution in [1.82, 2.24) is 15.0 Å². The molecule has 1 atom stereocenters. The van der Waals surface area contributed by atoms with Crippen LogP contribution in [0.5, 0.6) is 0 Å². The van der Waals surface area contributed by atoms with Crippen molar-refractivity contribution in [3.05, 3.63) is 50.9 Å². The van der Waals surface area contributed by atoms with E-state index in [-0.39, 0.29) is 5.56 Å².